The second-order valence-electron chi connectivity index (χ2n) is 4.28. The molecule has 1 unspecified atom stereocenters. The van der Waals surface area contributed by atoms with Gasteiger partial charge in [0.25, 0.3) is 0 Å². The Morgan fingerprint density at radius 1 is 1.47 bits per heavy atom. The molecule has 1 saturated heterocycles. The molecule has 1 aliphatic rings. The Hall–Kier alpha value is -1.79. The maximum Gasteiger partial charge on any atom is 0.327 e. The van der Waals surface area contributed by atoms with E-state index in [4.69, 9.17) is 17.3 Å². The summed E-state index contributed by atoms with van der Waals surface area (Å²) >= 11 is 6.11. The third kappa shape index (κ3) is 2.80. The predicted octanol–water partition coefficient (Wildman–Crippen LogP) is 0.302. The van der Waals surface area contributed by atoms with Gasteiger partial charge in [-0.05, 0) is 18.2 Å². The number of nitrogens with two attached hydrogens (primary N) is 1. The summed E-state index contributed by atoms with van der Waals surface area (Å²) in [4.78, 5) is 24.0. The number of nitrogens with zero attached hydrogens (tertiary/aromatic N) is 1. The van der Waals surface area contributed by atoms with Crippen molar-refractivity contribution in [1.29, 1.82) is 0 Å². The Kier molecular flexibility index (Phi) is 3.92. The van der Waals surface area contributed by atoms with E-state index in [1.54, 1.807) is 17.0 Å². The van der Waals surface area contributed by atoms with Gasteiger partial charge in [-0.25, -0.2) is 4.79 Å². The number of carbonyl (C=O) groups excluding carboxylic acids is 1. The molecule has 1 atom stereocenters. The second-order valence-corrected chi connectivity index (χ2v) is 4.69. The molecule has 1 amide bonds. The smallest absolute Gasteiger partial charge is 0.327 e. The van der Waals surface area contributed by atoms with Gasteiger partial charge in [0.2, 0.25) is 5.91 Å². The summed E-state index contributed by atoms with van der Waals surface area (Å²) in [7, 11) is 0. The molecule has 0 radical (unpaired) electrons. The summed E-state index contributed by atoms with van der Waals surface area (Å²) in [6.45, 7) is 1.56. The highest BCUT2D eigenvalue weighted by Gasteiger charge is 2.29. The van der Waals surface area contributed by atoms with E-state index < -0.39 is 17.9 Å². The van der Waals surface area contributed by atoms with Crippen molar-refractivity contribution in [3.05, 3.63) is 28.8 Å². The molecule has 1 heterocycles. The van der Waals surface area contributed by atoms with E-state index in [2.05, 4.69) is 5.32 Å². The summed E-state index contributed by atoms with van der Waals surface area (Å²) in [5, 5.41) is 12.6. The van der Waals surface area contributed by atoms with Crippen LogP contribution in [0.4, 0.5) is 5.69 Å². The number of anilines is 1. The number of hydrogen-bond donors (Lipinski definition) is 3. The minimum Gasteiger partial charge on any atom is -0.480 e. The van der Waals surface area contributed by atoms with Gasteiger partial charge in [-0.1, -0.05) is 11.6 Å². The van der Waals surface area contributed by atoms with Crippen molar-refractivity contribution in [1.82, 2.24) is 5.32 Å². The molecule has 102 valence electrons. The molecule has 19 heavy (non-hydrogen) atoms. The zero-order valence-electron chi connectivity index (χ0n) is 10.1. The number of halogens is 1. The normalized spacial score (nSPS) is 19.2. The molecule has 4 N–H and O–H groups in total. The molecule has 6 nitrogen and oxygen atoms in total. The Balaban J connectivity index is 2.34. The molecule has 0 aromatic heterocycles. The predicted molar refractivity (Wildman–Crippen MR) is 71.6 cm³/mol. The van der Waals surface area contributed by atoms with Crippen molar-refractivity contribution in [2.45, 2.75) is 6.04 Å². The van der Waals surface area contributed by atoms with E-state index in [-0.39, 0.29) is 0 Å². The molecule has 1 aromatic carbocycles. The first-order valence-corrected chi connectivity index (χ1v) is 6.18. The van der Waals surface area contributed by atoms with Gasteiger partial charge in [-0.2, -0.15) is 0 Å². The fourth-order valence-corrected chi connectivity index (χ4v) is 2.40. The van der Waals surface area contributed by atoms with Gasteiger partial charge in [-0.15, -0.1) is 0 Å². The number of aliphatic carboxylic acids is 1. The largest absolute Gasteiger partial charge is 0.480 e. The summed E-state index contributed by atoms with van der Waals surface area (Å²) in [5.41, 5.74) is 6.07. The van der Waals surface area contributed by atoms with Crippen LogP contribution in [0.3, 0.4) is 0 Å². The van der Waals surface area contributed by atoms with Crippen LogP contribution < -0.4 is 16.0 Å². The zero-order valence-corrected chi connectivity index (χ0v) is 10.9. The minimum atomic E-state index is -0.915. The van der Waals surface area contributed by atoms with Crippen molar-refractivity contribution in [2.24, 2.45) is 5.73 Å². The van der Waals surface area contributed by atoms with E-state index in [0.29, 0.717) is 35.9 Å². The lowest BCUT2D eigenvalue weighted by molar-refractivity contribution is -0.138. The van der Waals surface area contributed by atoms with Crippen LogP contribution in [0, 0.1) is 0 Å². The average molecular weight is 284 g/mol. The number of benzene rings is 1. The van der Waals surface area contributed by atoms with Crippen LogP contribution in [0.1, 0.15) is 10.4 Å². The van der Waals surface area contributed by atoms with Gasteiger partial charge in [0, 0.05) is 25.2 Å². The van der Waals surface area contributed by atoms with Crippen molar-refractivity contribution >= 4 is 29.2 Å². The Morgan fingerprint density at radius 3 is 2.79 bits per heavy atom. The number of rotatable bonds is 3. The SMILES string of the molecule is NC(=O)c1ccc(N2CCNCC2C(=O)O)c(Cl)c1. The summed E-state index contributed by atoms with van der Waals surface area (Å²) in [6.07, 6.45) is 0. The fourth-order valence-electron chi connectivity index (χ4n) is 2.11. The van der Waals surface area contributed by atoms with Crippen LogP contribution in [0.15, 0.2) is 18.2 Å². The zero-order chi connectivity index (χ0) is 14.0. The Bertz CT molecular complexity index is 521. The maximum atomic E-state index is 11.2. The standard InChI is InChI=1S/C12H14ClN3O3/c13-8-5-7(11(14)17)1-2-9(8)16-4-3-15-6-10(16)12(18)19/h1-2,5,10,15H,3-4,6H2,(H2,14,17)(H,18,19). The van der Waals surface area contributed by atoms with E-state index >= 15 is 0 Å². The highest BCUT2D eigenvalue weighted by molar-refractivity contribution is 6.33. The fraction of sp³-hybridized carbons (Fsp3) is 0.333. The number of primary amides is 1. The number of nitrogens with one attached hydrogen (secondary N) is 1. The molecule has 7 heteroatoms. The second kappa shape index (κ2) is 5.46. The van der Waals surface area contributed by atoms with Gasteiger partial charge in [-0.3, -0.25) is 4.79 Å². The van der Waals surface area contributed by atoms with E-state index in [1.807, 2.05) is 0 Å². The van der Waals surface area contributed by atoms with Crippen LogP contribution in [0.2, 0.25) is 5.02 Å². The third-order valence-electron chi connectivity index (χ3n) is 3.07. The molecule has 2 rings (SSSR count). The number of carboxylic acids is 1. The van der Waals surface area contributed by atoms with Gasteiger partial charge in [0.15, 0.2) is 0 Å². The van der Waals surface area contributed by atoms with Gasteiger partial charge in [0.1, 0.15) is 6.04 Å². The maximum absolute atomic E-state index is 11.2. The lowest BCUT2D eigenvalue weighted by Gasteiger charge is -2.35. The van der Waals surface area contributed by atoms with Crippen LogP contribution in [-0.4, -0.2) is 42.7 Å². The molecule has 0 spiro atoms. The topological polar surface area (TPSA) is 95.7 Å². The first-order valence-electron chi connectivity index (χ1n) is 5.80. The highest BCUT2D eigenvalue weighted by atomic mass is 35.5. The molecule has 0 bridgehead atoms. The van der Waals surface area contributed by atoms with Gasteiger partial charge < -0.3 is 21.1 Å². The van der Waals surface area contributed by atoms with Crippen LogP contribution in [0.5, 0.6) is 0 Å². The molecule has 0 saturated carbocycles. The molecular formula is C12H14ClN3O3. The quantitative estimate of drug-likeness (QED) is 0.742. The number of piperazine rings is 1. The van der Waals surface area contributed by atoms with Gasteiger partial charge in [0.05, 0.1) is 10.7 Å². The summed E-state index contributed by atoms with van der Waals surface area (Å²) in [6, 6.07) is 3.96. The van der Waals surface area contributed by atoms with Crippen LogP contribution in [-0.2, 0) is 4.79 Å². The van der Waals surface area contributed by atoms with Crippen molar-refractivity contribution in [3.8, 4) is 0 Å². The Morgan fingerprint density at radius 2 is 2.21 bits per heavy atom. The number of carbonyl (C=O) groups is 2. The van der Waals surface area contributed by atoms with Crippen molar-refractivity contribution in [3.63, 3.8) is 0 Å². The Labute approximate surface area is 115 Å². The first-order chi connectivity index (χ1) is 9.00. The molecular weight excluding hydrogens is 270 g/mol. The first kappa shape index (κ1) is 13.6. The molecule has 0 aliphatic carbocycles. The molecule has 1 aliphatic heterocycles. The monoisotopic (exact) mass is 283 g/mol. The van der Waals surface area contributed by atoms with E-state index in [1.165, 1.54) is 6.07 Å². The van der Waals surface area contributed by atoms with Crippen LogP contribution >= 0.6 is 11.6 Å². The van der Waals surface area contributed by atoms with Crippen LogP contribution in [0.25, 0.3) is 0 Å². The summed E-state index contributed by atoms with van der Waals surface area (Å²) in [5.74, 6) is -1.48. The molecule has 1 fully saturated rings. The molecule has 1 aromatic rings. The lowest BCUT2D eigenvalue weighted by atomic mass is 10.1. The van der Waals surface area contributed by atoms with E-state index in [9.17, 15) is 14.7 Å². The lowest BCUT2D eigenvalue weighted by Crippen LogP contribution is -2.55. The van der Waals surface area contributed by atoms with Crippen molar-refractivity contribution in [2.75, 3.05) is 24.5 Å². The highest BCUT2D eigenvalue weighted by Crippen LogP contribution is 2.29. The minimum absolute atomic E-state index is 0.302. The summed E-state index contributed by atoms with van der Waals surface area (Å²) < 4.78 is 0. The van der Waals surface area contributed by atoms with E-state index in [0.717, 1.165) is 0 Å². The number of hydrogen-bond acceptors (Lipinski definition) is 4. The number of carboxylic acid groups (broad SMARTS) is 1. The van der Waals surface area contributed by atoms with Gasteiger partial charge >= 0.3 is 5.97 Å². The third-order valence-corrected chi connectivity index (χ3v) is 3.37. The number of amides is 1. The average Bonchev–Trinajstić information content (AvgIpc) is 2.38. The van der Waals surface area contributed by atoms with Crippen molar-refractivity contribution < 1.29 is 14.7 Å².